The Balaban J connectivity index is 1.92. The van der Waals surface area contributed by atoms with E-state index in [4.69, 9.17) is 11.6 Å². The molecule has 1 aromatic rings. The van der Waals surface area contributed by atoms with Gasteiger partial charge in [-0.25, -0.2) is 0 Å². The lowest BCUT2D eigenvalue weighted by Crippen LogP contribution is -2.24. The van der Waals surface area contributed by atoms with Gasteiger partial charge in [0.2, 0.25) is 17.2 Å². The summed E-state index contributed by atoms with van der Waals surface area (Å²) in [7, 11) is 3.72. The average molecular weight is 286 g/mol. The van der Waals surface area contributed by atoms with Crippen molar-refractivity contribution in [3.05, 3.63) is 5.28 Å². The van der Waals surface area contributed by atoms with E-state index in [0.717, 1.165) is 32.2 Å². The zero-order chi connectivity index (χ0) is 13.8. The van der Waals surface area contributed by atoms with Crippen molar-refractivity contribution in [2.75, 3.05) is 30.9 Å². The lowest BCUT2D eigenvalue weighted by atomic mass is 9.87. The van der Waals surface area contributed by atoms with E-state index in [1.807, 2.05) is 14.1 Å². The van der Waals surface area contributed by atoms with Gasteiger partial charge in [-0.3, -0.25) is 0 Å². The third-order valence-corrected chi connectivity index (χ3v) is 3.53. The first kappa shape index (κ1) is 14.3. The molecule has 0 aromatic carbocycles. The fourth-order valence-corrected chi connectivity index (χ4v) is 2.36. The van der Waals surface area contributed by atoms with Crippen molar-refractivity contribution in [2.45, 2.75) is 31.8 Å². The van der Waals surface area contributed by atoms with E-state index in [1.165, 1.54) is 0 Å². The highest BCUT2D eigenvalue weighted by molar-refractivity contribution is 6.28. The summed E-state index contributed by atoms with van der Waals surface area (Å²) in [5.41, 5.74) is 0. The second-order valence-corrected chi connectivity index (χ2v) is 5.52. The number of hydrogen-bond donors (Lipinski definition) is 2. The van der Waals surface area contributed by atoms with Gasteiger partial charge in [-0.1, -0.05) is 0 Å². The van der Waals surface area contributed by atoms with Crippen LogP contribution in [0.15, 0.2) is 0 Å². The van der Waals surface area contributed by atoms with Crippen LogP contribution in [0.3, 0.4) is 0 Å². The van der Waals surface area contributed by atoms with Crippen molar-refractivity contribution < 1.29 is 5.11 Å². The molecule has 0 unspecified atom stereocenters. The maximum Gasteiger partial charge on any atom is 0.230 e. The van der Waals surface area contributed by atoms with E-state index < -0.39 is 0 Å². The molecule has 0 atom stereocenters. The van der Waals surface area contributed by atoms with E-state index in [9.17, 15) is 5.11 Å². The average Bonchev–Trinajstić information content (AvgIpc) is 2.37. The van der Waals surface area contributed by atoms with Crippen LogP contribution in [-0.2, 0) is 0 Å². The summed E-state index contributed by atoms with van der Waals surface area (Å²) < 4.78 is 0. The summed E-state index contributed by atoms with van der Waals surface area (Å²) in [5.74, 6) is 1.61. The van der Waals surface area contributed by atoms with Gasteiger partial charge in [-0.05, 0) is 43.2 Å². The maximum absolute atomic E-state index is 9.47. The van der Waals surface area contributed by atoms with Crippen LogP contribution >= 0.6 is 11.6 Å². The molecule has 0 saturated heterocycles. The highest BCUT2D eigenvalue weighted by atomic mass is 35.5. The number of anilines is 2. The van der Waals surface area contributed by atoms with E-state index in [-0.39, 0.29) is 11.4 Å². The van der Waals surface area contributed by atoms with E-state index in [1.54, 1.807) is 4.90 Å². The van der Waals surface area contributed by atoms with Gasteiger partial charge < -0.3 is 15.3 Å². The molecule has 1 saturated carbocycles. The molecule has 1 aromatic heterocycles. The van der Waals surface area contributed by atoms with Crippen LogP contribution in [0, 0.1) is 5.92 Å². The topological polar surface area (TPSA) is 74.2 Å². The van der Waals surface area contributed by atoms with Gasteiger partial charge in [0.25, 0.3) is 0 Å². The summed E-state index contributed by atoms with van der Waals surface area (Å²) in [5, 5.41) is 12.9. The monoisotopic (exact) mass is 285 g/mol. The van der Waals surface area contributed by atoms with Crippen molar-refractivity contribution in [2.24, 2.45) is 5.92 Å². The number of aliphatic hydroxyl groups is 1. The number of aliphatic hydroxyl groups excluding tert-OH is 1. The van der Waals surface area contributed by atoms with E-state index in [2.05, 4.69) is 20.3 Å². The third kappa shape index (κ3) is 4.18. The highest BCUT2D eigenvalue weighted by Crippen LogP contribution is 2.24. The predicted octanol–water partition coefficient (Wildman–Crippen LogP) is 1.55. The number of nitrogens with zero attached hydrogens (tertiary/aromatic N) is 4. The van der Waals surface area contributed by atoms with Crippen LogP contribution in [0.25, 0.3) is 0 Å². The molecule has 2 rings (SSSR count). The fraction of sp³-hybridized carbons (Fsp3) is 0.750. The molecule has 7 heteroatoms. The van der Waals surface area contributed by atoms with Gasteiger partial charge in [-0.15, -0.1) is 0 Å². The largest absolute Gasteiger partial charge is 0.393 e. The Morgan fingerprint density at radius 2 is 1.89 bits per heavy atom. The Morgan fingerprint density at radius 3 is 2.53 bits per heavy atom. The van der Waals surface area contributed by atoms with Crippen LogP contribution in [0.4, 0.5) is 11.9 Å². The second-order valence-electron chi connectivity index (χ2n) is 5.18. The molecule has 2 N–H and O–H groups in total. The SMILES string of the molecule is CN(C)c1nc(Cl)nc(NCC2CCC(O)CC2)n1. The van der Waals surface area contributed by atoms with Gasteiger partial charge in [0.05, 0.1) is 6.10 Å². The van der Waals surface area contributed by atoms with Crippen LogP contribution in [0.1, 0.15) is 25.7 Å². The van der Waals surface area contributed by atoms with Gasteiger partial charge in [0.15, 0.2) is 0 Å². The minimum Gasteiger partial charge on any atom is -0.393 e. The molecular weight excluding hydrogens is 266 g/mol. The number of aromatic nitrogens is 3. The number of rotatable bonds is 4. The minimum absolute atomic E-state index is 0.122. The number of nitrogens with one attached hydrogen (secondary N) is 1. The minimum atomic E-state index is -0.122. The Hall–Kier alpha value is -1.14. The zero-order valence-corrected chi connectivity index (χ0v) is 12.1. The van der Waals surface area contributed by atoms with Crippen LogP contribution in [0.2, 0.25) is 5.28 Å². The first-order chi connectivity index (χ1) is 9.04. The predicted molar refractivity (Wildman–Crippen MR) is 75.6 cm³/mol. The lowest BCUT2D eigenvalue weighted by Gasteiger charge is -2.25. The van der Waals surface area contributed by atoms with Crippen LogP contribution in [-0.4, -0.2) is 46.8 Å². The number of halogens is 1. The Kier molecular flexibility index (Phi) is 4.76. The first-order valence-electron chi connectivity index (χ1n) is 6.55. The van der Waals surface area contributed by atoms with Crippen molar-refractivity contribution in [1.29, 1.82) is 0 Å². The van der Waals surface area contributed by atoms with Crippen molar-refractivity contribution in [3.8, 4) is 0 Å². The summed E-state index contributed by atoms with van der Waals surface area (Å²) in [6.07, 6.45) is 3.71. The Labute approximate surface area is 118 Å². The quantitative estimate of drug-likeness (QED) is 0.874. The molecule has 0 spiro atoms. The van der Waals surface area contributed by atoms with Crippen molar-refractivity contribution in [1.82, 2.24) is 15.0 Å². The summed E-state index contributed by atoms with van der Waals surface area (Å²) >= 11 is 5.87. The van der Waals surface area contributed by atoms with Crippen molar-refractivity contribution >= 4 is 23.5 Å². The van der Waals surface area contributed by atoms with Crippen LogP contribution in [0.5, 0.6) is 0 Å². The Morgan fingerprint density at radius 1 is 1.21 bits per heavy atom. The first-order valence-corrected chi connectivity index (χ1v) is 6.93. The molecule has 0 aliphatic heterocycles. The molecular formula is C12H20ClN5O. The zero-order valence-electron chi connectivity index (χ0n) is 11.3. The molecule has 106 valence electrons. The molecule has 1 aliphatic rings. The molecule has 0 radical (unpaired) electrons. The van der Waals surface area contributed by atoms with Gasteiger partial charge in [0.1, 0.15) is 0 Å². The molecule has 19 heavy (non-hydrogen) atoms. The standard InChI is InChI=1S/C12H20ClN5O/c1-18(2)12-16-10(13)15-11(17-12)14-7-8-3-5-9(19)6-4-8/h8-9,19H,3-7H2,1-2H3,(H,14,15,16,17). The van der Waals surface area contributed by atoms with Gasteiger partial charge in [0, 0.05) is 20.6 Å². The second kappa shape index (κ2) is 6.34. The third-order valence-electron chi connectivity index (χ3n) is 3.36. The van der Waals surface area contributed by atoms with E-state index >= 15 is 0 Å². The van der Waals surface area contributed by atoms with Crippen LogP contribution < -0.4 is 10.2 Å². The lowest BCUT2D eigenvalue weighted by molar-refractivity contribution is 0.111. The fourth-order valence-electron chi connectivity index (χ4n) is 2.20. The maximum atomic E-state index is 9.47. The number of hydrogen-bond acceptors (Lipinski definition) is 6. The molecule has 0 amide bonds. The molecule has 1 heterocycles. The smallest absolute Gasteiger partial charge is 0.230 e. The van der Waals surface area contributed by atoms with Gasteiger partial charge >= 0.3 is 0 Å². The molecule has 1 aliphatic carbocycles. The molecule has 0 bridgehead atoms. The summed E-state index contributed by atoms with van der Waals surface area (Å²) in [6, 6.07) is 0. The normalized spacial score (nSPS) is 23.2. The summed E-state index contributed by atoms with van der Waals surface area (Å²) in [4.78, 5) is 14.2. The summed E-state index contributed by atoms with van der Waals surface area (Å²) in [6.45, 7) is 0.805. The van der Waals surface area contributed by atoms with E-state index in [0.29, 0.717) is 17.8 Å². The molecule has 6 nitrogen and oxygen atoms in total. The molecule has 1 fully saturated rings. The van der Waals surface area contributed by atoms with Gasteiger partial charge in [-0.2, -0.15) is 15.0 Å². The Bertz CT molecular complexity index is 421. The highest BCUT2D eigenvalue weighted by Gasteiger charge is 2.19. The van der Waals surface area contributed by atoms with Crippen molar-refractivity contribution in [3.63, 3.8) is 0 Å².